The quantitative estimate of drug-likeness (QED) is 0.631. The fourth-order valence-electron chi connectivity index (χ4n) is 4.11. The van der Waals surface area contributed by atoms with Gasteiger partial charge in [0.1, 0.15) is 0 Å². The zero-order valence-electron chi connectivity index (χ0n) is 16.5. The lowest BCUT2D eigenvalue weighted by molar-refractivity contribution is -0.116. The van der Waals surface area contributed by atoms with E-state index in [0.717, 1.165) is 31.5 Å². The molecular weight excluding hydrogens is 376 g/mol. The van der Waals surface area contributed by atoms with E-state index < -0.39 is 0 Å². The Morgan fingerprint density at radius 1 is 0.931 bits per heavy atom. The highest BCUT2D eigenvalue weighted by Gasteiger charge is 2.37. The molecule has 1 atom stereocenters. The van der Waals surface area contributed by atoms with Gasteiger partial charge in [0.05, 0.1) is 12.2 Å². The van der Waals surface area contributed by atoms with Crippen LogP contribution in [0.5, 0.6) is 0 Å². The summed E-state index contributed by atoms with van der Waals surface area (Å²) >= 11 is 1.93. The van der Waals surface area contributed by atoms with Crippen molar-refractivity contribution in [3.05, 3.63) is 96.1 Å². The van der Waals surface area contributed by atoms with Crippen LogP contribution < -0.4 is 10.6 Å². The van der Waals surface area contributed by atoms with Crippen molar-refractivity contribution >= 4 is 23.4 Å². The number of aryl methyl sites for hydroxylation is 1. The molecule has 2 N–H and O–H groups in total. The van der Waals surface area contributed by atoms with Crippen molar-refractivity contribution in [3.8, 4) is 0 Å². The molecular formula is C25H26N2OS. The smallest absolute Gasteiger partial charge is 0.236 e. The molecule has 1 aliphatic heterocycles. The minimum absolute atomic E-state index is 0.0560. The monoisotopic (exact) mass is 402 g/mol. The molecule has 0 bridgehead atoms. The first-order chi connectivity index (χ1) is 14.2. The van der Waals surface area contributed by atoms with Crippen molar-refractivity contribution in [2.24, 2.45) is 5.73 Å². The molecule has 4 heteroatoms. The topological polar surface area (TPSA) is 46.3 Å². The van der Waals surface area contributed by atoms with Gasteiger partial charge in [-0.25, -0.2) is 0 Å². The van der Waals surface area contributed by atoms with Gasteiger partial charge in [0.25, 0.3) is 0 Å². The maximum absolute atomic E-state index is 11.7. The fourth-order valence-corrected chi connectivity index (χ4v) is 5.63. The summed E-state index contributed by atoms with van der Waals surface area (Å²) in [6.07, 6.45) is 3.00. The van der Waals surface area contributed by atoms with Crippen molar-refractivity contribution in [2.45, 2.75) is 28.9 Å². The standard InChI is InChI=1S/C25H26N2OS/c26-24(28)19-27-18-17-25(21-11-5-2-6-12-21,16-15-20-9-3-1-4-10-20)29-23-14-8-7-13-22(23)27/h1-14H,15-19H2,(H2,26,28). The van der Waals surface area contributed by atoms with Gasteiger partial charge in [0, 0.05) is 16.2 Å². The number of thioether (sulfide) groups is 1. The van der Waals surface area contributed by atoms with E-state index in [-0.39, 0.29) is 17.2 Å². The predicted molar refractivity (Wildman–Crippen MR) is 121 cm³/mol. The number of fused-ring (bicyclic) bond motifs is 1. The molecule has 0 fully saturated rings. The SMILES string of the molecule is NC(=O)CN1CCC(CCc2ccccc2)(c2ccccc2)Sc2ccccc21. The first-order valence-corrected chi connectivity index (χ1v) is 10.9. The summed E-state index contributed by atoms with van der Waals surface area (Å²) in [5, 5.41) is 0. The van der Waals surface area contributed by atoms with Gasteiger partial charge < -0.3 is 10.6 Å². The van der Waals surface area contributed by atoms with Gasteiger partial charge in [-0.2, -0.15) is 0 Å². The number of para-hydroxylation sites is 1. The summed E-state index contributed by atoms with van der Waals surface area (Å²) in [5.74, 6) is -0.290. The Bertz CT molecular complexity index is 961. The van der Waals surface area contributed by atoms with Crippen LogP contribution in [-0.4, -0.2) is 19.0 Å². The van der Waals surface area contributed by atoms with E-state index in [1.54, 1.807) is 0 Å². The number of carbonyl (C=O) groups is 1. The largest absolute Gasteiger partial charge is 0.368 e. The number of hydrogen-bond acceptors (Lipinski definition) is 3. The summed E-state index contributed by atoms with van der Waals surface area (Å²) in [6, 6.07) is 29.9. The third-order valence-electron chi connectivity index (χ3n) is 5.60. The summed E-state index contributed by atoms with van der Waals surface area (Å²) in [6.45, 7) is 1.05. The predicted octanol–water partition coefficient (Wildman–Crippen LogP) is 5.00. The number of carbonyl (C=O) groups excluding carboxylic acids is 1. The second-order valence-corrected chi connectivity index (χ2v) is 8.98. The Balaban J connectivity index is 1.72. The molecule has 148 valence electrons. The molecule has 1 heterocycles. The Morgan fingerprint density at radius 3 is 2.31 bits per heavy atom. The summed E-state index contributed by atoms with van der Waals surface area (Å²) in [7, 11) is 0. The van der Waals surface area contributed by atoms with E-state index >= 15 is 0 Å². The Morgan fingerprint density at radius 2 is 1.59 bits per heavy atom. The van der Waals surface area contributed by atoms with Gasteiger partial charge in [-0.3, -0.25) is 4.79 Å². The molecule has 3 nitrogen and oxygen atoms in total. The summed E-state index contributed by atoms with van der Waals surface area (Å²) in [5.41, 5.74) is 9.36. The van der Waals surface area contributed by atoms with Crippen LogP contribution in [-0.2, 0) is 16.0 Å². The molecule has 0 radical (unpaired) electrons. The van der Waals surface area contributed by atoms with Crippen molar-refractivity contribution in [2.75, 3.05) is 18.0 Å². The second kappa shape index (κ2) is 8.75. The summed E-state index contributed by atoms with van der Waals surface area (Å²) in [4.78, 5) is 15.1. The van der Waals surface area contributed by atoms with Crippen molar-refractivity contribution < 1.29 is 4.79 Å². The number of hydrogen-bond donors (Lipinski definition) is 1. The number of anilines is 1. The van der Waals surface area contributed by atoms with Gasteiger partial charge in [-0.1, -0.05) is 72.8 Å². The van der Waals surface area contributed by atoms with E-state index in [1.165, 1.54) is 16.0 Å². The number of nitrogens with zero attached hydrogens (tertiary/aromatic N) is 1. The van der Waals surface area contributed by atoms with E-state index in [9.17, 15) is 4.79 Å². The van der Waals surface area contributed by atoms with Crippen LogP contribution in [0.25, 0.3) is 0 Å². The second-order valence-electron chi connectivity index (χ2n) is 7.55. The third-order valence-corrected chi connectivity index (χ3v) is 7.20. The molecule has 1 unspecified atom stereocenters. The molecule has 0 aromatic heterocycles. The normalized spacial score (nSPS) is 18.7. The molecule has 1 aliphatic rings. The average molecular weight is 403 g/mol. The molecule has 0 saturated heterocycles. The molecule has 3 aromatic carbocycles. The first-order valence-electron chi connectivity index (χ1n) is 10.1. The number of amides is 1. The average Bonchev–Trinajstić information content (AvgIpc) is 2.91. The van der Waals surface area contributed by atoms with Crippen molar-refractivity contribution in [3.63, 3.8) is 0 Å². The minimum Gasteiger partial charge on any atom is -0.368 e. The zero-order chi connectivity index (χ0) is 20.1. The molecule has 0 aliphatic carbocycles. The molecule has 0 spiro atoms. The van der Waals surface area contributed by atoms with Gasteiger partial charge in [-0.05, 0) is 42.5 Å². The molecule has 4 rings (SSSR count). The Labute approximate surface area is 176 Å². The number of nitrogens with two attached hydrogens (primary N) is 1. The van der Waals surface area contributed by atoms with Gasteiger partial charge in [0.2, 0.25) is 5.91 Å². The lowest BCUT2D eigenvalue weighted by Gasteiger charge is -2.33. The van der Waals surface area contributed by atoms with Gasteiger partial charge in [0.15, 0.2) is 0 Å². The number of primary amides is 1. The van der Waals surface area contributed by atoms with Crippen molar-refractivity contribution in [1.82, 2.24) is 0 Å². The maximum atomic E-state index is 11.7. The highest BCUT2D eigenvalue weighted by atomic mass is 32.2. The lowest BCUT2D eigenvalue weighted by atomic mass is 9.88. The van der Waals surface area contributed by atoms with Crippen LogP contribution in [0.2, 0.25) is 0 Å². The minimum atomic E-state index is -0.290. The van der Waals surface area contributed by atoms with Crippen molar-refractivity contribution in [1.29, 1.82) is 0 Å². The van der Waals surface area contributed by atoms with Crippen LogP contribution in [0.3, 0.4) is 0 Å². The molecule has 3 aromatic rings. The maximum Gasteiger partial charge on any atom is 0.236 e. The Hall–Kier alpha value is -2.72. The van der Waals surface area contributed by atoms with Crippen LogP contribution >= 0.6 is 11.8 Å². The summed E-state index contributed by atoms with van der Waals surface area (Å²) < 4.78 is -0.0560. The molecule has 29 heavy (non-hydrogen) atoms. The van der Waals surface area contributed by atoms with E-state index in [1.807, 2.05) is 17.8 Å². The highest BCUT2D eigenvalue weighted by molar-refractivity contribution is 8.00. The lowest BCUT2D eigenvalue weighted by Crippen LogP contribution is -2.36. The van der Waals surface area contributed by atoms with Crippen LogP contribution in [0.4, 0.5) is 5.69 Å². The zero-order valence-corrected chi connectivity index (χ0v) is 17.3. The first kappa shape index (κ1) is 19.6. The van der Waals surface area contributed by atoms with Crippen LogP contribution in [0.1, 0.15) is 24.0 Å². The number of rotatable bonds is 6. The van der Waals surface area contributed by atoms with E-state index in [4.69, 9.17) is 5.73 Å². The van der Waals surface area contributed by atoms with Crippen LogP contribution in [0.15, 0.2) is 89.8 Å². The molecule has 0 saturated carbocycles. The fraction of sp³-hybridized carbons (Fsp3) is 0.240. The van der Waals surface area contributed by atoms with Gasteiger partial charge >= 0.3 is 0 Å². The Kier molecular flexibility index (Phi) is 5.91. The van der Waals surface area contributed by atoms with Gasteiger partial charge in [-0.15, -0.1) is 11.8 Å². The number of benzene rings is 3. The molecule has 1 amide bonds. The van der Waals surface area contributed by atoms with Crippen LogP contribution in [0, 0.1) is 0 Å². The highest BCUT2D eigenvalue weighted by Crippen LogP contribution is 2.52. The van der Waals surface area contributed by atoms with E-state index in [0.29, 0.717) is 0 Å². The third kappa shape index (κ3) is 4.48. The van der Waals surface area contributed by atoms with E-state index in [2.05, 4.69) is 83.8 Å².